The summed E-state index contributed by atoms with van der Waals surface area (Å²) in [5, 5.41) is 0. The van der Waals surface area contributed by atoms with Gasteiger partial charge in [-0.05, 0) is 12.0 Å². The van der Waals surface area contributed by atoms with E-state index in [2.05, 4.69) is 6.92 Å². The summed E-state index contributed by atoms with van der Waals surface area (Å²) in [6.07, 6.45) is 6.62. The Balaban J connectivity index is 2.41. The van der Waals surface area contributed by atoms with Crippen molar-refractivity contribution < 1.29 is 14.3 Å². The van der Waals surface area contributed by atoms with Gasteiger partial charge in [-0.2, -0.15) is 0 Å². The maximum Gasteiger partial charge on any atom is 0.327 e. The average molecular weight is 270 g/mol. The van der Waals surface area contributed by atoms with Crippen molar-refractivity contribution in [2.45, 2.75) is 51.6 Å². The first-order chi connectivity index (χ1) is 8.74. The minimum absolute atomic E-state index is 0.200. The third-order valence-corrected chi connectivity index (χ3v) is 3.41. The van der Waals surface area contributed by atoms with Crippen LogP contribution in [0.4, 0.5) is 0 Å². The molecule has 2 N–H and O–H groups in total. The van der Waals surface area contributed by atoms with Crippen molar-refractivity contribution in [2.24, 2.45) is 0 Å². The molecule has 3 nitrogen and oxygen atoms in total. The smallest absolute Gasteiger partial charge is 0.327 e. The van der Waals surface area contributed by atoms with Crippen LogP contribution in [-0.4, -0.2) is 9.79 Å². The molecule has 1 rings (SSSR count). The minimum Gasteiger partial charge on any atom is -0.328 e. The lowest BCUT2D eigenvalue weighted by molar-refractivity contribution is 0.161. The van der Waals surface area contributed by atoms with E-state index in [1.165, 1.54) is 25.7 Å². The van der Waals surface area contributed by atoms with E-state index >= 15 is 0 Å². The van der Waals surface area contributed by atoms with Crippen LogP contribution in [0.3, 0.4) is 0 Å². The zero-order valence-electron chi connectivity index (χ0n) is 11.0. The zero-order valence-corrected chi connectivity index (χ0v) is 11.9. The van der Waals surface area contributed by atoms with Gasteiger partial charge in [0.25, 0.3) is 0 Å². The zero-order chi connectivity index (χ0) is 13.2. The van der Waals surface area contributed by atoms with Gasteiger partial charge in [-0.15, -0.1) is 0 Å². The van der Waals surface area contributed by atoms with Crippen LogP contribution in [-0.2, 0) is 4.52 Å². The monoisotopic (exact) mass is 270 g/mol. The summed E-state index contributed by atoms with van der Waals surface area (Å²) < 4.78 is 5.22. The molecule has 0 bridgehead atoms. The normalized spacial score (nSPS) is 12.9. The minimum atomic E-state index is -2.29. The Morgan fingerprint density at radius 2 is 1.72 bits per heavy atom. The van der Waals surface area contributed by atoms with Gasteiger partial charge in [0.05, 0.1) is 6.10 Å². The van der Waals surface area contributed by atoms with E-state index in [-0.39, 0.29) is 6.10 Å². The van der Waals surface area contributed by atoms with Gasteiger partial charge in [-0.3, -0.25) is 0 Å². The molecule has 0 radical (unpaired) electrons. The summed E-state index contributed by atoms with van der Waals surface area (Å²) in [6.45, 7) is 2.20. The number of hydrogen-bond acceptors (Lipinski definition) is 3. The highest BCUT2D eigenvalue weighted by molar-refractivity contribution is 7.39. The van der Waals surface area contributed by atoms with Crippen LogP contribution in [0.5, 0.6) is 0 Å². The topological polar surface area (TPSA) is 49.7 Å². The Labute approximate surface area is 111 Å². The molecule has 0 amide bonds. The van der Waals surface area contributed by atoms with E-state index in [0.29, 0.717) is 0 Å². The molecule has 0 spiro atoms. The lowest BCUT2D eigenvalue weighted by Gasteiger charge is -2.18. The molecule has 0 heterocycles. The highest BCUT2D eigenvalue weighted by atomic mass is 31.2. The third kappa shape index (κ3) is 6.46. The van der Waals surface area contributed by atoms with Crippen molar-refractivity contribution in [3.63, 3.8) is 0 Å². The van der Waals surface area contributed by atoms with E-state index < -0.39 is 8.60 Å². The van der Waals surface area contributed by atoms with Gasteiger partial charge < -0.3 is 14.3 Å². The molecule has 0 aliphatic heterocycles. The summed E-state index contributed by atoms with van der Waals surface area (Å²) in [6, 6.07) is 9.77. The van der Waals surface area contributed by atoms with Crippen molar-refractivity contribution >= 4 is 8.60 Å². The second kappa shape index (κ2) is 9.46. The predicted octanol–water partition coefficient (Wildman–Crippen LogP) is 4.32. The molecule has 4 heteroatoms. The molecule has 1 aromatic carbocycles. The van der Waals surface area contributed by atoms with Crippen LogP contribution in [0.2, 0.25) is 0 Å². The van der Waals surface area contributed by atoms with Crippen LogP contribution < -0.4 is 0 Å². The van der Waals surface area contributed by atoms with Gasteiger partial charge in [-0.1, -0.05) is 69.4 Å². The molecule has 0 saturated heterocycles. The fourth-order valence-electron chi connectivity index (χ4n) is 2.00. The molecule has 102 valence electrons. The Kier molecular flexibility index (Phi) is 8.19. The molecular formula is C14H23O3P. The third-order valence-electron chi connectivity index (χ3n) is 2.96. The molecule has 1 atom stereocenters. The van der Waals surface area contributed by atoms with Gasteiger partial charge >= 0.3 is 8.60 Å². The van der Waals surface area contributed by atoms with Crippen molar-refractivity contribution in [1.29, 1.82) is 0 Å². The van der Waals surface area contributed by atoms with Crippen molar-refractivity contribution in [2.75, 3.05) is 0 Å². The molecule has 0 aromatic heterocycles. The average Bonchev–Trinajstić information content (AvgIpc) is 2.38. The first-order valence-corrected chi connectivity index (χ1v) is 7.80. The summed E-state index contributed by atoms with van der Waals surface area (Å²) in [5.41, 5.74) is 1.02. The molecule has 1 aromatic rings. The highest BCUT2D eigenvalue weighted by Crippen LogP contribution is 2.37. The fraction of sp³-hybridized carbons (Fsp3) is 0.571. The second-order valence-electron chi connectivity index (χ2n) is 4.46. The van der Waals surface area contributed by atoms with E-state index in [4.69, 9.17) is 14.3 Å². The highest BCUT2D eigenvalue weighted by Gasteiger charge is 2.15. The molecule has 0 aliphatic rings. The van der Waals surface area contributed by atoms with Crippen LogP contribution in [0.15, 0.2) is 30.3 Å². The number of benzene rings is 1. The van der Waals surface area contributed by atoms with Crippen LogP contribution in [0.25, 0.3) is 0 Å². The Hall–Kier alpha value is -0.470. The summed E-state index contributed by atoms with van der Waals surface area (Å²) in [4.78, 5) is 18.0. The Morgan fingerprint density at radius 1 is 1.06 bits per heavy atom. The SMILES string of the molecule is CCCCCCCC(OP(O)O)c1ccccc1. The molecular weight excluding hydrogens is 247 g/mol. The second-order valence-corrected chi connectivity index (χ2v) is 5.18. The Morgan fingerprint density at radius 3 is 2.33 bits per heavy atom. The predicted molar refractivity (Wildman–Crippen MR) is 75.0 cm³/mol. The molecule has 0 saturated carbocycles. The fourth-order valence-corrected chi connectivity index (χ4v) is 2.45. The van der Waals surface area contributed by atoms with Gasteiger partial charge in [-0.25, -0.2) is 0 Å². The van der Waals surface area contributed by atoms with Gasteiger partial charge in [0.2, 0.25) is 0 Å². The van der Waals surface area contributed by atoms with Crippen LogP contribution in [0, 0.1) is 0 Å². The molecule has 0 fully saturated rings. The lowest BCUT2D eigenvalue weighted by atomic mass is 10.0. The summed E-state index contributed by atoms with van der Waals surface area (Å²) >= 11 is 0. The van der Waals surface area contributed by atoms with E-state index in [0.717, 1.165) is 18.4 Å². The number of hydrogen-bond donors (Lipinski definition) is 2. The van der Waals surface area contributed by atoms with Crippen molar-refractivity contribution in [3.05, 3.63) is 35.9 Å². The Bertz CT molecular complexity index is 303. The van der Waals surface area contributed by atoms with Gasteiger partial charge in [0.15, 0.2) is 0 Å². The van der Waals surface area contributed by atoms with Crippen molar-refractivity contribution in [3.8, 4) is 0 Å². The van der Waals surface area contributed by atoms with Crippen molar-refractivity contribution in [1.82, 2.24) is 0 Å². The lowest BCUT2D eigenvalue weighted by Crippen LogP contribution is -2.01. The van der Waals surface area contributed by atoms with Gasteiger partial charge in [0.1, 0.15) is 0 Å². The van der Waals surface area contributed by atoms with Crippen LogP contribution in [0.1, 0.15) is 57.1 Å². The van der Waals surface area contributed by atoms with E-state index in [1.54, 1.807) is 0 Å². The maximum atomic E-state index is 9.02. The molecule has 18 heavy (non-hydrogen) atoms. The van der Waals surface area contributed by atoms with Crippen LogP contribution >= 0.6 is 8.60 Å². The number of rotatable bonds is 9. The quantitative estimate of drug-likeness (QED) is 0.519. The largest absolute Gasteiger partial charge is 0.328 e. The molecule has 1 unspecified atom stereocenters. The first kappa shape index (κ1) is 15.6. The van der Waals surface area contributed by atoms with Gasteiger partial charge in [0, 0.05) is 0 Å². The number of unbranched alkanes of at least 4 members (excludes halogenated alkanes) is 4. The molecule has 0 aliphatic carbocycles. The standard InChI is InChI=1S/C14H23O3P/c1-2-3-4-5-9-12-14(17-18(15)16)13-10-7-6-8-11-13/h6-8,10-11,14-16H,2-5,9,12H2,1H3. The van der Waals surface area contributed by atoms with E-state index in [9.17, 15) is 0 Å². The maximum absolute atomic E-state index is 9.02. The summed E-state index contributed by atoms with van der Waals surface area (Å²) in [5.74, 6) is 0. The van der Waals surface area contributed by atoms with E-state index in [1.807, 2.05) is 30.3 Å². The first-order valence-electron chi connectivity index (χ1n) is 6.63. The summed E-state index contributed by atoms with van der Waals surface area (Å²) in [7, 11) is -2.29.